The summed E-state index contributed by atoms with van der Waals surface area (Å²) < 4.78 is 28.7. The van der Waals surface area contributed by atoms with Gasteiger partial charge in [0.25, 0.3) is 0 Å². The Morgan fingerprint density at radius 1 is 1.11 bits per heavy atom. The van der Waals surface area contributed by atoms with Crippen LogP contribution in [0, 0.1) is 6.92 Å². The van der Waals surface area contributed by atoms with Crippen LogP contribution in [-0.2, 0) is 9.84 Å². The fraction of sp³-hybridized carbons (Fsp3) is 0.154. The van der Waals surface area contributed by atoms with Crippen LogP contribution in [0.2, 0.25) is 0 Å². The van der Waals surface area contributed by atoms with E-state index < -0.39 is 9.84 Å². The van der Waals surface area contributed by atoms with E-state index in [1.54, 1.807) is 30.5 Å². The molecular weight excluding hydrogens is 250 g/mol. The van der Waals surface area contributed by atoms with Gasteiger partial charge in [0.05, 0.1) is 0 Å². The molecule has 0 fully saturated rings. The van der Waals surface area contributed by atoms with Crippen molar-refractivity contribution in [3.8, 4) is 11.6 Å². The molecule has 0 unspecified atom stereocenters. The molecule has 94 valence electrons. The van der Waals surface area contributed by atoms with E-state index in [0.717, 1.165) is 11.8 Å². The van der Waals surface area contributed by atoms with Gasteiger partial charge in [-0.25, -0.2) is 13.4 Å². The van der Waals surface area contributed by atoms with Crippen molar-refractivity contribution in [3.63, 3.8) is 0 Å². The molecule has 1 aromatic carbocycles. The van der Waals surface area contributed by atoms with Crippen LogP contribution in [0.1, 0.15) is 5.56 Å². The maximum Gasteiger partial charge on any atom is 0.219 e. The second kappa shape index (κ2) is 4.78. The van der Waals surface area contributed by atoms with Crippen LogP contribution in [0.5, 0.6) is 11.6 Å². The molecule has 0 aliphatic carbocycles. The molecular formula is C13H13NO3S. The Balaban J connectivity index is 2.38. The number of hydrogen-bond donors (Lipinski definition) is 0. The fourth-order valence-electron chi connectivity index (χ4n) is 1.47. The van der Waals surface area contributed by atoms with Crippen LogP contribution in [0.3, 0.4) is 0 Å². The summed E-state index contributed by atoms with van der Waals surface area (Å²) >= 11 is 0. The zero-order valence-corrected chi connectivity index (χ0v) is 10.9. The first-order valence-electron chi connectivity index (χ1n) is 5.36. The summed E-state index contributed by atoms with van der Waals surface area (Å²) in [6, 6.07) is 10.1. The smallest absolute Gasteiger partial charge is 0.219 e. The number of para-hydroxylation sites is 1. The monoisotopic (exact) mass is 263 g/mol. The number of nitrogens with zero attached hydrogens (tertiary/aromatic N) is 1. The van der Waals surface area contributed by atoms with Crippen molar-refractivity contribution in [2.45, 2.75) is 11.8 Å². The lowest BCUT2D eigenvalue weighted by molar-refractivity contribution is 0.449. The minimum absolute atomic E-state index is 0.160. The SMILES string of the molecule is Cc1ccc(Oc2ccccc2S(C)(=O)=O)nc1. The van der Waals surface area contributed by atoms with Crippen molar-refractivity contribution in [2.24, 2.45) is 0 Å². The van der Waals surface area contributed by atoms with E-state index >= 15 is 0 Å². The Kier molecular flexibility index (Phi) is 3.34. The van der Waals surface area contributed by atoms with Crippen LogP contribution in [0.4, 0.5) is 0 Å². The summed E-state index contributed by atoms with van der Waals surface area (Å²) in [6.07, 6.45) is 2.82. The Hall–Kier alpha value is -1.88. The summed E-state index contributed by atoms with van der Waals surface area (Å²) in [6.45, 7) is 1.92. The molecule has 0 spiro atoms. The maximum atomic E-state index is 11.6. The predicted octanol–water partition coefficient (Wildman–Crippen LogP) is 2.59. The maximum absolute atomic E-state index is 11.6. The molecule has 1 aromatic heterocycles. The summed E-state index contributed by atoms with van der Waals surface area (Å²) in [7, 11) is -3.31. The van der Waals surface area contributed by atoms with Gasteiger partial charge in [-0.1, -0.05) is 18.2 Å². The standard InChI is InChI=1S/C13H13NO3S/c1-10-7-8-13(14-9-10)17-11-5-3-4-6-12(11)18(2,15)16/h3-9H,1-2H3. The second-order valence-corrected chi connectivity index (χ2v) is 5.98. The van der Waals surface area contributed by atoms with Gasteiger partial charge in [-0.2, -0.15) is 0 Å². The first kappa shape index (κ1) is 12.6. The van der Waals surface area contributed by atoms with Crippen molar-refractivity contribution >= 4 is 9.84 Å². The minimum atomic E-state index is -3.31. The van der Waals surface area contributed by atoms with Gasteiger partial charge in [0.2, 0.25) is 5.88 Å². The Labute approximate surface area is 106 Å². The highest BCUT2D eigenvalue weighted by molar-refractivity contribution is 7.90. The average molecular weight is 263 g/mol. The Morgan fingerprint density at radius 3 is 2.44 bits per heavy atom. The highest BCUT2D eigenvalue weighted by Crippen LogP contribution is 2.27. The summed E-state index contributed by atoms with van der Waals surface area (Å²) in [5.41, 5.74) is 1.01. The third-order valence-corrected chi connectivity index (χ3v) is 3.48. The lowest BCUT2D eigenvalue weighted by Gasteiger charge is -2.08. The van der Waals surface area contributed by atoms with E-state index in [1.807, 2.05) is 13.0 Å². The third-order valence-electron chi connectivity index (χ3n) is 2.35. The lowest BCUT2D eigenvalue weighted by atomic mass is 10.3. The summed E-state index contributed by atoms with van der Waals surface area (Å²) in [4.78, 5) is 4.24. The molecule has 4 nitrogen and oxygen atoms in total. The molecule has 2 aromatic rings. The number of pyridine rings is 1. The molecule has 0 aliphatic rings. The highest BCUT2D eigenvalue weighted by atomic mass is 32.2. The van der Waals surface area contributed by atoms with Crippen LogP contribution in [0.25, 0.3) is 0 Å². The molecule has 0 atom stereocenters. The number of rotatable bonds is 3. The molecule has 2 rings (SSSR count). The van der Waals surface area contributed by atoms with Crippen LogP contribution < -0.4 is 4.74 Å². The Morgan fingerprint density at radius 2 is 1.83 bits per heavy atom. The van der Waals surface area contributed by atoms with Gasteiger partial charge in [-0.3, -0.25) is 0 Å². The van der Waals surface area contributed by atoms with Crippen LogP contribution >= 0.6 is 0 Å². The van der Waals surface area contributed by atoms with Gasteiger partial charge in [-0.15, -0.1) is 0 Å². The molecule has 0 N–H and O–H groups in total. The van der Waals surface area contributed by atoms with Crippen LogP contribution in [0.15, 0.2) is 47.5 Å². The van der Waals surface area contributed by atoms with Crippen molar-refractivity contribution < 1.29 is 13.2 Å². The molecule has 0 bridgehead atoms. The number of aromatic nitrogens is 1. The number of benzene rings is 1. The normalized spacial score (nSPS) is 11.2. The highest BCUT2D eigenvalue weighted by Gasteiger charge is 2.14. The van der Waals surface area contributed by atoms with Crippen molar-refractivity contribution in [1.29, 1.82) is 0 Å². The van der Waals surface area contributed by atoms with Gasteiger partial charge in [-0.05, 0) is 24.6 Å². The summed E-state index contributed by atoms with van der Waals surface area (Å²) in [5, 5.41) is 0. The van der Waals surface area contributed by atoms with Crippen molar-refractivity contribution in [3.05, 3.63) is 48.2 Å². The third kappa shape index (κ3) is 2.87. The number of ether oxygens (including phenoxy) is 1. The van der Waals surface area contributed by atoms with Gasteiger partial charge in [0.15, 0.2) is 9.84 Å². The molecule has 0 saturated carbocycles. The second-order valence-electron chi connectivity index (χ2n) is 3.99. The zero-order valence-electron chi connectivity index (χ0n) is 10.1. The van der Waals surface area contributed by atoms with E-state index in [9.17, 15) is 8.42 Å². The number of sulfone groups is 1. The zero-order chi connectivity index (χ0) is 13.2. The topological polar surface area (TPSA) is 56.3 Å². The van der Waals surface area contributed by atoms with E-state index in [-0.39, 0.29) is 10.6 Å². The first-order valence-corrected chi connectivity index (χ1v) is 7.25. The van der Waals surface area contributed by atoms with E-state index in [0.29, 0.717) is 5.88 Å². The van der Waals surface area contributed by atoms with Crippen LogP contribution in [-0.4, -0.2) is 19.7 Å². The van der Waals surface area contributed by atoms with Gasteiger partial charge < -0.3 is 4.74 Å². The molecule has 1 heterocycles. The minimum Gasteiger partial charge on any atom is -0.438 e. The van der Waals surface area contributed by atoms with Gasteiger partial charge in [0.1, 0.15) is 10.6 Å². The number of hydrogen-bond acceptors (Lipinski definition) is 4. The molecule has 0 radical (unpaired) electrons. The van der Waals surface area contributed by atoms with Crippen molar-refractivity contribution in [2.75, 3.05) is 6.26 Å². The quantitative estimate of drug-likeness (QED) is 0.854. The lowest BCUT2D eigenvalue weighted by Crippen LogP contribution is -2.00. The summed E-state index contributed by atoms with van der Waals surface area (Å²) in [5.74, 6) is 0.660. The van der Waals surface area contributed by atoms with E-state index in [1.165, 1.54) is 6.07 Å². The molecule has 0 saturated heterocycles. The largest absolute Gasteiger partial charge is 0.438 e. The first-order chi connectivity index (χ1) is 8.47. The fourth-order valence-corrected chi connectivity index (χ4v) is 2.27. The van der Waals surface area contributed by atoms with E-state index in [4.69, 9.17) is 4.74 Å². The van der Waals surface area contributed by atoms with Crippen molar-refractivity contribution in [1.82, 2.24) is 4.98 Å². The predicted molar refractivity (Wildman–Crippen MR) is 68.6 cm³/mol. The van der Waals surface area contributed by atoms with E-state index in [2.05, 4.69) is 4.98 Å². The Bertz CT molecular complexity index is 648. The molecule has 0 amide bonds. The average Bonchev–Trinajstić information content (AvgIpc) is 2.31. The molecule has 0 aliphatic heterocycles. The number of aryl methyl sites for hydroxylation is 1. The van der Waals surface area contributed by atoms with Gasteiger partial charge in [0, 0.05) is 18.5 Å². The molecule has 18 heavy (non-hydrogen) atoms. The van der Waals surface area contributed by atoms with Gasteiger partial charge >= 0.3 is 0 Å². The molecule has 5 heteroatoms.